The van der Waals surface area contributed by atoms with Crippen molar-refractivity contribution in [1.29, 1.82) is 0 Å². The molecule has 4 N–H and O–H groups in total. The first kappa shape index (κ1) is 17.4. The van der Waals surface area contributed by atoms with Crippen LogP contribution in [0.1, 0.15) is 15.9 Å². The second-order valence-electron chi connectivity index (χ2n) is 5.05. The van der Waals surface area contributed by atoms with E-state index in [1.54, 1.807) is 18.2 Å². The van der Waals surface area contributed by atoms with Gasteiger partial charge in [0, 0.05) is 11.3 Å². The number of anilines is 1. The molecule has 0 unspecified atom stereocenters. The summed E-state index contributed by atoms with van der Waals surface area (Å²) < 4.78 is 0. The van der Waals surface area contributed by atoms with Crippen molar-refractivity contribution in [2.24, 2.45) is 0 Å². The Morgan fingerprint density at radius 3 is 2.46 bits per heavy atom. The summed E-state index contributed by atoms with van der Waals surface area (Å²) >= 11 is 5.06. The molecule has 2 rings (SSSR count). The van der Waals surface area contributed by atoms with Gasteiger partial charge in [-0.1, -0.05) is 35.9 Å². The number of para-hydroxylation sites is 1. The number of hydrogen-bond acceptors (Lipinski definition) is 3. The lowest BCUT2D eigenvalue weighted by Crippen LogP contribution is -2.47. The highest BCUT2D eigenvalue weighted by atomic mass is 32.1. The Kier molecular flexibility index (Phi) is 6.27. The van der Waals surface area contributed by atoms with E-state index in [4.69, 9.17) is 12.2 Å². The van der Waals surface area contributed by atoms with E-state index in [9.17, 15) is 9.59 Å². The number of hydrogen-bond donors (Lipinski definition) is 4. The Morgan fingerprint density at radius 2 is 1.75 bits per heavy atom. The maximum atomic E-state index is 11.9. The number of amides is 2. The summed E-state index contributed by atoms with van der Waals surface area (Å²) in [4.78, 5) is 23.7. The lowest BCUT2D eigenvalue weighted by atomic mass is 10.1. The summed E-state index contributed by atoms with van der Waals surface area (Å²) in [6.45, 7) is 1.74. The average molecular weight is 342 g/mol. The number of benzene rings is 2. The molecule has 124 valence electrons. The van der Waals surface area contributed by atoms with Crippen LogP contribution in [-0.2, 0) is 4.79 Å². The lowest BCUT2D eigenvalue weighted by molar-refractivity contribution is -0.120. The first-order valence-electron chi connectivity index (χ1n) is 7.30. The topological polar surface area (TPSA) is 82.3 Å². The highest BCUT2D eigenvalue weighted by Gasteiger charge is 2.08. The molecule has 24 heavy (non-hydrogen) atoms. The molecule has 0 saturated heterocycles. The first-order chi connectivity index (χ1) is 11.5. The van der Waals surface area contributed by atoms with Crippen molar-refractivity contribution in [2.75, 3.05) is 11.9 Å². The zero-order valence-electron chi connectivity index (χ0n) is 13.1. The SMILES string of the molecule is Cc1cccc(C(=O)NCC(=O)NNC(=S)Nc2ccccc2)c1. The normalized spacial score (nSPS) is 9.71. The minimum atomic E-state index is -0.409. The van der Waals surface area contributed by atoms with Gasteiger partial charge in [-0.2, -0.15) is 0 Å². The molecular formula is C17H18N4O2S. The van der Waals surface area contributed by atoms with Crippen LogP contribution in [0.15, 0.2) is 54.6 Å². The van der Waals surface area contributed by atoms with E-state index in [0.717, 1.165) is 11.3 Å². The summed E-state index contributed by atoms with van der Waals surface area (Å²) in [7, 11) is 0. The van der Waals surface area contributed by atoms with Crippen molar-refractivity contribution in [3.63, 3.8) is 0 Å². The van der Waals surface area contributed by atoms with E-state index in [0.29, 0.717) is 5.56 Å². The summed E-state index contributed by atoms with van der Waals surface area (Å²) in [5.74, 6) is -0.716. The number of thiocarbonyl (C=S) groups is 1. The minimum Gasteiger partial charge on any atom is -0.343 e. The summed E-state index contributed by atoms with van der Waals surface area (Å²) in [6, 6.07) is 16.4. The Morgan fingerprint density at radius 1 is 1.00 bits per heavy atom. The van der Waals surface area contributed by atoms with Gasteiger partial charge in [0.1, 0.15) is 0 Å². The molecular weight excluding hydrogens is 324 g/mol. The van der Waals surface area contributed by atoms with Crippen LogP contribution in [-0.4, -0.2) is 23.5 Å². The standard InChI is InChI=1S/C17H18N4O2S/c1-12-6-5-7-13(10-12)16(23)18-11-15(22)20-21-17(24)19-14-8-3-2-4-9-14/h2-10H,11H2,1H3,(H,18,23)(H,20,22)(H2,19,21,24). The Labute approximate surface area is 145 Å². The monoisotopic (exact) mass is 342 g/mol. The maximum Gasteiger partial charge on any atom is 0.257 e. The number of rotatable bonds is 4. The van der Waals surface area contributed by atoms with E-state index in [1.165, 1.54) is 0 Å². The van der Waals surface area contributed by atoms with Crippen LogP contribution in [0.2, 0.25) is 0 Å². The Balaban J connectivity index is 1.71. The fraction of sp³-hybridized carbons (Fsp3) is 0.118. The second-order valence-corrected chi connectivity index (χ2v) is 5.45. The quantitative estimate of drug-likeness (QED) is 0.503. The number of carbonyl (C=O) groups is 2. The maximum absolute atomic E-state index is 11.9. The number of aryl methyl sites for hydroxylation is 1. The molecule has 0 aliphatic rings. The Hall–Kier alpha value is -2.93. The zero-order chi connectivity index (χ0) is 17.4. The van der Waals surface area contributed by atoms with Crippen molar-refractivity contribution < 1.29 is 9.59 Å². The summed E-state index contributed by atoms with van der Waals surface area (Å²) in [5, 5.41) is 5.71. The number of nitrogens with one attached hydrogen (secondary N) is 4. The molecule has 0 fully saturated rings. The minimum absolute atomic E-state index is 0.159. The van der Waals surface area contributed by atoms with Crippen molar-refractivity contribution in [3.8, 4) is 0 Å². The number of hydrazine groups is 1. The lowest BCUT2D eigenvalue weighted by Gasteiger charge is -2.12. The van der Waals surface area contributed by atoms with E-state index in [2.05, 4.69) is 21.5 Å². The van der Waals surface area contributed by atoms with Crippen LogP contribution in [0.3, 0.4) is 0 Å². The van der Waals surface area contributed by atoms with Gasteiger partial charge in [-0.15, -0.1) is 0 Å². The van der Waals surface area contributed by atoms with Crippen molar-refractivity contribution in [1.82, 2.24) is 16.2 Å². The first-order valence-corrected chi connectivity index (χ1v) is 7.71. The van der Waals surface area contributed by atoms with Crippen LogP contribution in [0.5, 0.6) is 0 Å². The number of carbonyl (C=O) groups excluding carboxylic acids is 2. The average Bonchev–Trinajstić information content (AvgIpc) is 2.58. The van der Waals surface area contributed by atoms with E-state index < -0.39 is 5.91 Å². The Bertz CT molecular complexity index is 734. The van der Waals surface area contributed by atoms with Crippen molar-refractivity contribution in [3.05, 3.63) is 65.7 Å². The third kappa shape index (κ3) is 5.69. The van der Waals surface area contributed by atoms with Crippen LogP contribution >= 0.6 is 12.2 Å². The molecule has 0 heterocycles. The second kappa shape index (κ2) is 8.64. The smallest absolute Gasteiger partial charge is 0.257 e. The van der Waals surface area contributed by atoms with Crippen LogP contribution in [0.25, 0.3) is 0 Å². The van der Waals surface area contributed by atoms with Gasteiger partial charge in [-0.05, 0) is 43.4 Å². The van der Waals surface area contributed by atoms with Crippen LogP contribution in [0.4, 0.5) is 5.69 Å². The molecule has 2 amide bonds. The van der Waals surface area contributed by atoms with Gasteiger partial charge >= 0.3 is 0 Å². The fourth-order valence-electron chi connectivity index (χ4n) is 1.90. The molecule has 0 bridgehead atoms. The molecule has 0 saturated carbocycles. The van der Waals surface area contributed by atoms with Gasteiger partial charge in [-0.3, -0.25) is 20.4 Å². The molecule has 7 heteroatoms. The molecule has 0 atom stereocenters. The fourth-order valence-corrected chi connectivity index (χ4v) is 2.07. The molecule has 0 aliphatic carbocycles. The molecule has 2 aromatic carbocycles. The molecule has 0 radical (unpaired) electrons. The van der Waals surface area contributed by atoms with Gasteiger partial charge in [0.15, 0.2) is 5.11 Å². The van der Waals surface area contributed by atoms with Gasteiger partial charge in [0.05, 0.1) is 6.54 Å². The predicted molar refractivity (Wildman–Crippen MR) is 97.5 cm³/mol. The van der Waals surface area contributed by atoms with Gasteiger partial charge in [0.2, 0.25) is 0 Å². The van der Waals surface area contributed by atoms with E-state index in [1.807, 2.05) is 43.3 Å². The van der Waals surface area contributed by atoms with E-state index in [-0.39, 0.29) is 17.6 Å². The third-order valence-electron chi connectivity index (χ3n) is 3.04. The van der Waals surface area contributed by atoms with Crippen molar-refractivity contribution in [2.45, 2.75) is 6.92 Å². The molecule has 0 aromatic heterocycles. The van der Waals surface area contributed by atoms with Gasteiger partial charge in [0.25, 0.3) is 11.8 Å². The molecule has 6 nitrogen and oxygen atoms in total. The molecule has 0 aliphatic heterocycles. The third-order valence-corrected chi connectivity index (χ3v) is 3.24. The summed E-state index contributed by atoms with van der Waals surface area (Å²) in [6.07, 6.45) is 0. The molecule has 2 aromatic rings. The summed E-state index contributed by atoms with van der Waals surface area (Å²) in [5.41, 5.74) is 7.28. The van der Waals surface area contributed by atoms with Gasteiger partial charge < -0.3 is 10.6 Å². The highest BCUT2D eigenvalue weighted by Crippen LogP contribution is 2.04. The van der Waals surface area contributed by atoms with Gasteiger partial charge in [-0.25, -0.2) is 0 Å². The van der Waals surface area contributed by atoms with Crippen LogP contribution < -0.4 is 21.5 Å². The van der Waals surface area contributed by atoms with Crippen molar-refractivity contribution >= 4 is 34.8 Å². The molecule has 0 spiro atoms. The zero-order valence-corrected chi connectivity index (χ0v) is 13.9. The van der Waals surface area contributed by atoms with E-state index >= 15 is 0 Å². The highest BCUT2D eigenvalue weighted by molar-refractivity contribution is 7.80. The van der Waals surface area contributed by atoms with Crippen LogP contribution in [0, 0.1) is 6.92 Å². The largest absolute Gasteiger partial charge is 0.343 e. The predicted octanol–water partition coefficient (Wildman–Crippen LogP) is 1.74.